The summed E-state index contributed by atoms with van der Waals surface area (Å²) in [6, 6.07) is 11.6. The number of nitrogens with one attached hydrogen (secondary N) is 3. The summed E-state index contributed by atoms with van der Waals surface area (Å²) >= 11 is 13.6. The summed E-state index contributed by atoms with van der Waals surface area (Å²) in [7, 11) is 1.69. The number of aromatic nitrogens is 3. The number of pyridine rings is 1. The molecule has 50 heavy (non-hydrogen) atoms. The maximum atomic E-state index is 13.3. The smallest absolute Gasteiger partial charge is 0.276 e. The van der Waals surface area contributed by atoms with Gasteiger partial charge in [-0.15, -0.1) is 0 Å². The first-order chi connectivity index (χ1) is 24.1. The molecule has 2 aromatic carbocycles. The number of benzene rings is 2. The van der Waals surface area contributed by atoms with E-state index in [9.17, 15) is 19.2 Å². The van der Waals surface area contributed by atoms with Gasteiger partial charge in [0.15, 0.2) is 0 Å². The maximum absolute atomic E-state index is 13.3. The van der Waals surface area contributed by atoms with E-state index < -0.39 is 6.04 Å². The number of likely N-dealkylation sites (tertiary alicyclic amines) is 1. The predicted octanol–water partition coefficient (Wildman–Crippen LogP) is 3.98. The van der Waals surface area contributed by atoms with Gasteiger partial charge in [-0.05, 0) is 73.7 Å². The molecule has 3 N–H and O–H groups in total. The van der Waals surface area contributed by atoms with Crippen LogP contribution in [0.25, 0.3) is 22.0 Å². The number of anilines is 1. The molecule has 4 aromatic rings. The highest BCUT2D eigenvalue weighted by atomic mass is 35.5. The lowest BCUT2D eigenvalue weighted by atomic mass is 9.89. The van der Waals surface area contributed by atoms with Crippen LogP contribution >= 0.6 is 23.2 Å². The van der Waals surface area contributed by atoms with Crippen LogP contribution in [0.3, 0.4) is 0 Å². The van der Waals surface area contributed by atoms with Gasteiger partial charge in [0.2, 0.25) is 17.7 Å². The van der Waals surface area contributed by atoms with Gasteiger partial charge in [-0.25, -0.2) is 0 Å². The second-order valence-electron chi connectivity index (χ2n) is 13.5. The lowest BCUT2D eigenvalue weighted by molar-refractivity contribution is -0.135. The summed E-state index contributed by atoms with van der Waals surface area (Å²) in [4.78, 5) is 55.7. The molecule has 1 unspecified atom stereocenters. The van der Waals surface area contributed by atoms with Crippen LogP contribution in [-0.4, -0.2) is 99.0 Å². The van der Waals surface area contributed by atoms with Crippen LogP contribution in [0.4, 0.5) is 5.69 Å². The number of H-pyrrole nitrogens is 1. The van der Waals surface area contributed by atoms with E-state index in [0.29, 0.717) is 65.9 Å². The highest BCUT2D eigenvalue weighted by molar-refractivity contribution is 6.36. The molecule has 1 atom stereocenters. The molecule has 3 amide bonds. The van der Waals surface area contributed by atoms with Gasteiger partial charge in [0.1, 0.15) is 11.6 Å². The molecule has 0 radical (unpaired) electrons. The van der Waals surface area contributed by atoms with Crippen molar-refractivity contribution in [2.75, 3.05) is 51.1 Å². The molecular formula is C36H40Cl2N8O4. The van der Waals surface area contributed by atoms with Gasteiger partial charge in [-0.3, -0.25) is 39.4 Å². The third kappa shape index (κ3) is 7.29. The Bertz CT molecular complexity index is 1980. The minimum atomic E-state index is -0.395. The molecule has 0 saturated carbocycles. The third-order valence-electron chi connectivity index (χ3n) is 10.2. The molecule has 0 aliphatic carbocycles. The summed E-state index contributed by atoms with van der Waals surface area (Å²) in [5.74, 6) is 0.101. The van der Waals surface area contributed by atoms with Crippen molar-refractivity contribution < 1.29 is 14.4 Å². The Balaban J connectivity index is 0.872. The number of carbonyl (C=O) groups is 3. The number of hydrogen-bond donors (Lipinski definition) is 3. The van der Waals surface area contributed by atoms with E-state index in [1.54, 1.807) is 19.4 Å². The molecule has 262 valence electrons. The second-order valence-corrected chi connectivity index (χ2v) is 14.3. The van der Waals surface area contributed by atoms with E-state index in [1.807, 2.05) is 29.2 Å². The number of hydrogen-bond acceptors (Lipinski definition) is 8. The summed E-state index contributed by atoms with van der Waals surface area (Å²) in [5.41, 5.74) is 4.81. The number of imide groups is 1. The van der Waals surface area contributed by atoms with Gasteiger partial charge in [-0.1, -0.05) is 35.3 Å². The van der Waals surface area contributed by atoms with Crippen molar-refractivity contribution in [1.29, 1.82) is 0 Å². The third-order valence-corrected chi connectivity index (χ3v) is 10.9. The van der Waals surface area contributed by atoms with Crippen LogP contribution in [0.15, 0.2) is 53.6 Å². The highest BCUT2D eigenvalue weighted by Gasteiger charge is 2.28. The zero-order chi connectivity index (χ0) is 34.9. The SMILES string of the molecule is Cn1cc(-c2cc(Cl)c(CN3CCN(C(=O)CN4CCC(c5ccc(NC6CCC(=O)NC6=O)cc5)CC4)CC3)cc2Cl)c2cn[nH]c2c1=O. The van der Waals surface area contributed by atoms with Crippen LogP contribution in [0.2, 0.25) is 10.0 Å². The average molecular weight is 720 g/mol. The van der Waals surface area contributed by atoms with Gasteiger partial charge < -0.3 is 14.8 Å². The molecule has 0 bridgehead atoms. The van der Waals surface area contributed by atoms with E-state index in [2.05, 4.69) is 42.8 Å². The Kier molecular flexibility index (Phi) is 9.96. The van der Waals surface area contributed by atoms with Crippen LogP contribution < -0.4 is 16.2 Å². The van der Waals surface area contributed by atoms with Crippen molar-refractivity contribution in [2.24, 2.45) is 7.05 Å². The first-order valence-corrected chi connectivity index (χ1v) is 17.8. The molecule has 5 heterocycles. The van der Waals surface area contributed by atoms with Gasteiger partial charge in [0.05, 0.1) is 12.7 Å². The zero-order valence-corrected chi connectivity index (χ0v) is 29.4. The highest BCUT2D eigenvalue weighted by Crippen LogP contribution is 2.36. The normalized spacial score (nSPS) is 19.6. The monoisotopic (exact) mass is 718 g/mol. The fourth-order valence-corrected chi connectivity index (χ4v) is 7.79. The largest absolute Gasteiger partial charge is 0.374 e. The van der Waals surface area contributed by atoms with Gasteiger partial charge in [0.25, 0.3) is 5.56 Å². The van der Waals surface area contributed by atoms with Crippen molar-refractivity contribution in [1.82, 2.24) is 34.8 Å². The second kappa shape index (κ2) is 14.6. The number of piperidine rings is 2. The topological polar surface area (TPSA) is 136 Å². The Morgan fingerprint density at radius 3 is 2.38 bits per heavy atom. The first kappa shape index (κ1) is 34.2. The number of nitrogens with zero attached hydrogens (tertiary/aromatic N) is 5. The summed E-state index contributed by atoms with van der Waals surface area (Å²) < 4.78 is 1.50. The van der Waals surface area contributed by atoms with Crippen molar-refractivity contribution in [2.45, 2.75) is 44.2 Å². The molecule has 2 aromatic heterocycles. The fourth-order valence-electron chi connectivity index (χ4n) is 7.28. The number of halogens is 2. The minimum Gasteiger partial charge on any atom is -0.374 e. The minimum absolute atomic E-state index is 0.162. The van der Waals surface area contributed by atoms with E-state index in [1.165, 1.54) is 10.1 Å². The molecular weight excluding hydrogens is 679 g/mol. The lowest BCUT2D eigenvalue weighted by Gasteiger charge is -2.37. The van der Waals surface area contributed by atoms with Gasteiger partial charge in [0, 0.05) is 84.6 Å². The lowest BCUT2D eigenvalue weighted by Crippen LogP contribution is -2.51. The molecule has 7 rings (SSSR count). The zero-order valence-electron chi connectivity index (χ0n) is 27.9. The van der Waals surface area contributed by atoms with Crippen molar-refractivity contribution >= 4 is 57.5 Å². The maximum Gasteiger partial charge on any atom is 0.276 e. The van der Waals surface area contributed by atoms with Crippen molar-refractivity contribution in [3.63, 3.8) is 0 Å². The number of carbonyl (C=O) groups excluding carboxylic acids is 3. The standard InChI is InChI=1S/C36H40Cl2N8O4/c1-43-20-28(27-18-39-42-34(27)36(43)50)26-17-29(37)24(16-30(26)38)19-45-12-14-46(15-13-45)33(48)21-44-10-8-23(9-11-44)22-2-4-25(5-3-22)40-31-6-7-32(47)41-35(31)49/h2-5,16-18,20,23,31,40H,6-15,19,21H2,1H3,(H,39,42)(H,41,47,49). The summed E-state index contributed by atoms with van der Waals surface area (Å²) in [6.07, 6.45) is 6.19. The number of fused-ring (bicyclic) bond motifs is 1. The van der Waals surface area contributed by atoms with E-state index >= 15 is 0 Å². The molecule has 12 nitrogen and oxygen atoms in total. The fraction of sp³-hybridized carbons (Fsp3) is 0.417. The van der Waals surface area contributed by atoms with E-state index in [4.69, 9.17) is 23.2 Å². The van der Waals surface area contributed by atoms with Crippen LogP contribution in [0.5, 0.6) is 0 Å². The van der Waals surface area contributed by atoms with Gasteiger partial charge >= 0.3 is 0 Å². The molecule has 3 aliphatic heterocycles. The number of amides is 3. The van der Waals surface area contributed by atoms with Crippen molar-refractivity contribution in [3.05, 3.63) is 80.3 Å². The molecule has 0 spiro atoms. The number of rotatable bonds is 8. The van der Waals surface area contributed by atoms with E-state index in [0.717, 1.165) is 61.4 Å². The Labute approximate surface area is 299 Å². The molecule has 3 saturated heterocycles. The number of aromatic amines is 1. The molecule has 3 aliphatic rings. The predicted molar refractivity (Wildman–Crippen MR) is 193 cm³/mol. The Morgan fingerprint density at radius 2 is 1.66 bits per heavy atom. The van der Waals surface area contributed by atoms with Crippen LogP contribution in [0.1, 0.15) is 42.7 Å². The number of aryl methyl sites for hydroxylation is 1. The number of piperazine rings is 1. The first-order valence-electron chi connectivity index (χ1n) is 17.1. The quantitative estimate of drug-likeness (QED) is 0.233. The Morgan fingerprint density at radius 1 is 0.920 bits per heavy atom. The van der Waals surface area contributed by atoms with Crippen LogP contribution in [0, 0.1) is 0 Å². The average Bonchev–Trinajstić information content (AvgIpc) is 3.61. The van der Waals surface area contributed by atoms with E-state index in [-0.39, 0.29) is 23.3 Å². The van der Waals surface area contributed by atoms with Crippen LogP contribution in [-0.2, 0) is 28.0 Å². The summed E-state index contributed by atoms with van der Waals surface area (Å²) in [6.45, 7) is 5.60. The molecule has 3 fully saturated rings. The van der Waals surface area contributed by atoms with Gasteiger partial charge in [-0.2, -0.15) is 5.10 Å². The van der Waals surface area contributed by atoms with Crippen molar-refractivity contribution in [3.8, 4) is 11.1 Å². The molecule has 14 heteroatoms. The summed E-state index contributed by atoms with van der Waals surface area (Å²) in [5, 5.41) is 14.3. The Hall–Kier alpha value is -4.23.